The molecule has 0 atom stereocenters. The zero-order valence-corrected chi connectivity index (χ0v) is 15.5. The standard InChI is InChI=1S/C19H23NO3S/c1-11(2)16-8-6-15(7-9-16)10-23-19(22)17-12(3)13(4)24-18(17)20-14(5)21/h6-9,11H,10H2,1-5H3,(H,20,21). The highest BCUT2D eigenvalue weighted by atomic mass is 32.1. The van der Waals surface area contributed by atoms with Gasteiger partial charge in [0.25, 0.3) is 0 Å². The van der Waals surface area contributed by atoms with Gasteiger partial charge in [-0.25, -0.2) is 4.79 Å². The number of benzene rings is 1. The Bertz CT molecular complexity index is 745. The lowest BCUT2D eigenvalue weighted by molar-refractivity contribution is -0.114. The first kappa shape index (κ1) is 18.2. The third-order valence-corrected chi connectivity index (χ3v) is 5.02. The zero-order valence-electron chi connectivity index (χ0n) is 14.7. The Balaban J connectivity index is 2.11. The summed E-state index contributed by atoms with van der Waals surface area (Å²) in [6.45, 7) is 9.71. The number of thiophene rings is 1. The molecule has 0 aliphatic heterocycles. The van der Waals surface area contributed by atoms with Crippen LogP contribution in [0.1, 0.15) is 58.6 Å². The predicted molar refractivity (Wildman–Crippen MR) is 97.7 cm³/mol. The van der Waals surface area contributed by atoms with Crippen LogP contribution < -0.4 is 5.32 Å². The lowest BCUT2D eigenvalue weighted by Crippen LogP contribution is -2.12. The third-order valence-electron chi connectivity index (χ3n) is 3.90. The second-order valence-electron chi connectivity index (χ2n) is 6.14. The Morgan fingerprint density at radius 3 is 2.33 bits per heavy atom. The SMILES string of the molecule is CC(=O)Nc1sc(C)c(C)c1C(=O)OCc1ccc(C(C)C)cc1. The van der Waals surface area contributed by atoms with Crippen molar-refractivity contribution in [3.05, 3.63) is 51.4 Å². The first-order chi connectivity index (χ1) is 11.3. The van der Waals surface area contributed by atoms with Gasteiger partial charge in [0.1, 0.15) is 11.6 Å². The first-order valence-electron chi connectivity index (χ1n) is 7.93. The van der Waals surface area contributed by atoms with Crippen molar-refractivity contribution >= 4 is 28.2 Å². The van der Waals surface area contributed by atoms with Crippen molar-refractivity contribution in [2.45, 2.75) is 47.1 Å². The van der Waals surface area contributed by atoms with E-state index in [1.165, 1.54) is 23.8 Å². The lowest BCUT2D eigenvalue weighted by atomic mass is 10.0. The van der Waals surface area contributed by atoms with Crippen LogP contribution >= 0.6 is 11.3 Å². The topological polar surface area (TPSA) is 55.4 Å². The van der Waals surface area contributed by atoms with Crippen molar-refractivity contribution in [1.82, 2.24) is 0 Å². The Kier molecular flexibility index (Phi) is 5.78. The van der Waals surface area contributed by atoms with Crippen molar-refractivity contribution in [3.8, 4) is 0 Å². The number of hydrogen-bond donors (Lipinski definition) is 1. The molecular weight excluding hydrogens is 322 g/mol. The summed E-state index contributed by atoms with van der Waals surface area (Å²) >= 11 is 1.39. The van der Waals surface area contributed by atoms with E-state index in [-0.39, 0.29) is 12.5 Å². The van der Waals surface area contributed by atoms with E-state index >= 15 is 0 Å². The summed E-state index contributed by atoms with van der Waals surface area (Å²) < 4.78 is 5.45. The highest BCUT2D eigenvalue weighted by molar-refractivity contribution is 7.16. The van der Waals surface area contributed by atoms with E-state index in [1.54, 1.807) is 0 Å². The second kappa shape index (κ2) is 7.62. The van der Waals surface area contributed by atoms with Crippen LogP contribution in [0, 0.1) is 13.8 Å². The molecule has 0 fully saturated rings. The van der Waals surface area contributed by atoms with Crippen LogP contribution in [-0.2, 0) is 16.1 Å². The first-order valence-corrected chi connectivity index (χ1v) is 8.74. The van der Waals surface area contributed by atoms with Crippen LogP contribution in [0.15, 0.2) is 24.3 Å². The average molecular weight is 345 g/mol. The molecule has 0 spiro atoms. The Labute approximate surface area is 146 Å². The summed E-state index contributed by atoms with van der Waals surface area (Å²) in [6, 6.07) is 8.05. The maximum absolute atomic E-state index is 12.5. The van der Waals surface area contributed by atoms with Gasteiger partial charge in [-0.3, -0.25) is 4.79 Å². The number of anilines is 1. The maximum Gasteiger partial charge on any atom is 0.341 e. The largest absolute Gasteiger partial charge is 0.457 e. The molecule has 0 bridgehead atoms. The fourth-order valence-electron chi connectivity index (χ4n) is 2.34. The molecule has 0 aliphatic carbocycles. The van der Waals surface area contributed by atoms with Crippen LogP contribution in [0.25, 0.3) is 0 Å². The normalized spacial score (nSPS) is 10.8. The van der Waals surface area contributed by atoms with Crippen molar-refractivity contribution in [2.24, 2.45) is 0 Å². The highest BCUT2D eigenvalue weighted by Crippen LogP contribution is 2.33. The third kappa shape index (κ3) is 4.23. The van der Waals surface area contributed by atoms with Gasteiger partial charge in [0.2, 0.25) is 5.91 Å². The molecule has 0 unspecified atom stereocenters. The van der Waals surface area contributed by atoms with Crippen molar-refractivity contribution < 1.29 is 14.3 Å². The number of carbonyl (C=O) groups is 2. The Morgan fingerprint density at radius 2 is 1.79 bits per heavy atom. The number of ether oxygens (including phenoxy) is 1. The van der Waals surface area contributed by atoms with E-state index in [0.29, 0.717) is 16.5 Å². The molecule has 5 heteroatoms. The Morgan fingerprint density at radius 1 is 1.17 bits per heavy atom. The van der Waals surface area contributed by atoms with E-state index in [1.807, 2.05) is 26.0 Å². The van der Waals surface area contributed by atoms with E-state index in [4.69, 9.17) is 4.74 Å². The van der Waals surface area contributed by atoms with Crippen LogP contribution in [0.3, 0.4) is 0 Å². The maximum atomic E-state index is 12.5. The summed E-state index contributed by atoms with van der Waals surface area (Å²) in [5.74, 6) is -0.138. The van der Waals surface area contributed by atoms with Gasteiger partial charge in [-0.15, -0.1) is 11.3 Å². The van der Waals surface area contributed by atoms with E-state index in [0.717, 1.165) is 16.0 Å². The molecule has 0 aliphatic rings. The van der Waals surface area contributed by atoms with E-state index < -0.39 is 5.97 Å². The predicted octanol–water partition coefficient (Wildman–Crippen LogP) is 4.80. The number of esters is 1. The highest BCUT2D eigenvalue weighted by Gasteiger charge is 2.21. The van der Waals surface area contributed by atoms with Gasteiger partial charge in [0.15, 0.2) is 0 Å². The molecule has 4 nitrogen and oxygen atoms in total. The van der Waals surface area contributed by atoms with Crippen LogP contribution in [-0.4, -0.2) is 11.9 Å². The minimum atomic E-state index is -0.409. The molecule has 1 amide bonds. The van der Waals surface area contributed by atoms with Gasteiger partial charge < -0.3 is 10.1 Å². The van der Waals surface area contributed by atoms with Crippen LogP contribution in [0.5, 0.6) is 0 Å². The fraction of sp³-hybridized carbons (Fsp3) is 0.368. The average Bonchev–Trinajstić information content (AvgIpc) is 2.79. The minimum Gasteiger partial charge on any atom is -0.457 e. The number of amides is 1. The number of nitrogens with one attached hydrogen (secondary N) is 1. The summed E-state index contributed by atoms with van der Waals surface area (Å²) in [6.07, 6.45) is 0. The molecule has 24 heavy (non-hydrogen) atoms. The Hall–Kier alpha value is -2.14. The number of hydrogen-bond acceptors (Lipinski definition) is 4. The quantitative estimate of drug-likeness (QED) is 0.792. The summed E-state index contributed by atoms with van der Waals surface area (Å²) in [4.78, 5) is 24.8. The van der Waals surface area contributed by atoms with Crippen molar-refractivity contribution in [3.63, 3.8) is 0 Å². The lowest BCUT2D eigenvalue weighted by Gasteiger charge is -2.09. The molecular formula is C19H23NO3S. The molecule has 0 saturated heterocycles. The van der Waals surface area contributed by atoms with Crippen LogP contribution in [0.4, 0.5) is 5.00 Å². The number of carbonyl (C=O) groups excluding carboxylic acids is 2. The minimum absolute atomic E-state index is 0.199. The van der Waals surface area contributed by atoms with Gasteiger partial charge in [0, 0.05) is 11.8 Å². The van der Waals surface area contributed by atoms with Crippen LogP contribution in [0.2, 0.25) is 0 Å². The number of aryl methyl sites for hydroxylation is 1. The second-order valence-corrected chi connectivity index (χ2v) is 7.37. The monoisotopic (exact) mass is 345 g/mol. The number of rotatable bonds is 5. The van der Waals surface area contributed by atoms with E-state index in [9.17, 15) is 9.59 Å². The van der Waals surface area contributed by atoms with E-state index in [2.05, 4.69) is 31.3 Å². The van der Waals surface area contributed by atoms with Gasteiger partial charge in [-0.05, 0) is 36.5 Å². The molecule has 0 radical (unpaired) electrons. The molecule has 2 rings (SSSR count). The van der Waals surface area contributed by atoms with Gasteiger partial charge >= 0.3 is 5.97 Å². The molecule has 2 aromatic rings. The van der Waals surface area contributed by atoms with Gasteiger partial charge in [-0.1, -0.05) is 38.1 Å². The molecule has 1 N–H and O–H groups in total. The molecule has 1 aromatic heterocycles. The summed E-state index contributed by atoms with van der Waals surface area (Å²) in [5.41, 5.74) is 3.50. The van der Waals surface area contributed by atoms with Gasteiger partial charge in [-0.2, -0.15) is 0 Å². The fourth-order valence-corrected chi connectivity index (χ4v) is 3.44. The smallest absolute Gasteiger partial charge is 0.341 e. The summed E-state index contributed by atoms with van der Waals surface area (Å²) in [5, 5.41) is 3.27. The van der Waals surface area contributed by atoms with Crippen molar-refractivity contribution in [2.75, 3.05) is 5.32 Å². The molecule has 0 saturated carbocycles. The molecule has 128 valence electrons. The van der Waals surface area contributed by atoms with Crippen molar-refractivity contribution in [1.29, 1.82) is 0 Å². The van der Waals surface area contributed by atoms with Gasteiger partial charge in [0.05, 0.1) is 5.56 Å². The molecule has 1 heterocycles. The zero-order chi connectivity index (χ0) is 17.9. The summed E-state index contributed by atoms with van der Waals surface area (Å²) in [7, 11) is 0. The molecule has 1 aromatic carbocycles.